The number of likely N-dealkylation sites (tertiary alicyclic amines) is 1. The van der Waals surface area contributed by atoms with Gasteiger partial charge in [-0.15, -0.1) is 0 Å². The first kappa shape index (κ1) is 15.4. The van der Waals surface area contributed by atoms with Crippen molar-refractivity contribution in [2.24, 2.45) is 5.92 Å². The molecule has 1 fully saturated rings. The fraction of sp³-hybridized carbons (Fsp3) is 0.412. The van der Waals surface area contributed by atoms with Crippen molar-refractivity contribution < 1.29 is 18.4 Å². The van der Waals surface area contributed by atoms with Crippen LogP contribution in [0.15, 0.2) is 39.6 Å². The molecular formula is C17H20N2O4. The Labute approximate surface area is 134 Å². The van der Waals surface area contributed by atoms with Gasteiger partial charge in [-0.25, -0.2) is 0 Å². The summed E-state index contributed by atoms with van der Waals surface area (Å²) in [5.41, 5.74) is 0.603. The van der Waals surface area contributed by atoms with Crippen LogP contribution in [-0.4, -0.2) is 29.8 Å². The Balaban J connectivity index is 1.49. The lowest BCUT2D eigenvalue weighted by Crippen LogP contribution is -2.43. The first-order valence-electron chi connectivity index (χ1n) is 7.78. The molecule has 23 heavy (non-hydrogen) atoms. The number of carbonyl (C=O) groups excluding carboxylic acids is 2. The maximum Gasteiger partial charge on any atom is 0.257 e. The van der Waals surface area contributed by atoms with Crippen LogP contribution in [0.25, 0.3) is 0 Å². The van der Waals surface area contributed by atoms with E-state index in [-0.39, 0.29) is 17.7 Å². The smallest absolute Gasteiger partial charge is 0.257 e. The van der Waals surface area contributed by atoms with Gasteiger partial charge in [-0.2, -0.15) is 0 Å². The number of furan rings is 2. The highest BCUT2D eigenvalue weighted by atomic mass is 16.3. The van der Waals surface area contributed by atoms with Gasteiger partial charge in [0.2, 0.25) is 5.91 Å². The van der Waals surface area contributed by atoms with Crippen molar-refractivity contribution in [3.63, 3.8) is 0 Å². The fourth-order valence-electron chi connectivity index (χ4n) is 2.85. The molecule has 2 aromatic heterocycles. The number of nitrogens with zero attached hydrogens (tertiary/aromatic N) is 1. The maximum atomic E-state index is 12.4. The minimum atomic E-state index is -0.0561. The van der Waals surface area contributed by atoms with Crippen molar-refractivity contribution in [3.8, 4) is 0 Å². The first-order chi connectivity index (χ1) is 11.1. The number of piperidine rings is 1. The molecule has 3 heterocycles. The summed E-state index contributed by atoms with van der Waals surface area (Å²) in [5.74, 6) is 1.31. The highest BCUT2D eigenvalue weighted by Gasteiger charge is 2.28. The zero-order valence-electron chi connectivity index (χ0n) is 13.1. The zero-order chi connectivity index (χ0) is 16.2. The molecule has 0 spiro atoms. The summed E-state index contributed by atoms with van der Waals surface area (Å²) >= 11 is 0. The van der Waals surface area contributed by atoms with E-state index in [2.05, 4.69) is 5.32 Å². The highest BCUT2D eigenvalue weighted by Crippen LogP contribution is 2.21. The average molecular weight is 316 g/mol. The molecule has 1 N–H and O–H groups in total. The highest BCUT2D eigenvalue weighted by molar-refractivity contribution is 5.95. The Kier molecular flexibility index (Phi) is 4.50. The normalized spacial score (nSPS) is 15.6. The van der Waals surface area contributed by atoms with Gasteiger partial charge >= 0.3 is 0 Å². The number of carbonyl (C=O) groups is 2. The molecular weight excluding hydrogens is 296 g/mol. The van der Waals surface area contributed by atoms with Crippen LogP contribution in [0.4, 0.5) is 0 Å². The van der Waals surface area contributed by atoms with Gasteiger partial charge in [0.1, 0.15) is 11.5 Å². The molecule has 6 nitrogen and oxygen atoms in total. The van der Waals surface area contributed by atoms with Gasteiger partial charge in [0.25, 0.3) is 5.91 Å². The van der Waals surface area contributed by atoms with Gasteiger partial charge < -0.3 is 19.1 Å². The Bertz CT molecular complexity index is 667. The number of hydrogen-bond acceptors (Lipinski definition) is 4. The monoisotopic (exact) mass is 316 g/mol. The SMILES string of the molecule is Cc1occc1C(=O)N1CCC(C(=O)NCc2ccco2)CC1. The van der Waals surface area contributed by atoms with E-state index in [1.165, 1.54) is 6.26 Å². The summed E-state index contributed by atoms with van der Waals surface area (Å²) in [6.07, 6.45) is 4.46. The van der Waals surface area contributed by atoms with Crippen LogP contribution in [0.1, 0.15) is 34.7 Å². The van der Waals surface area contributed by atoms with Crippen molar-refractivity contribution >= 4 is 11.8 Å². The van der Waals surface area contributed by atoms with Crippen LogP contribution in [0, 0.1) is 12.8 Å². The largest absolute Gasteiger partial charge is 0.469 e. The lowest BCUT2D eigenvalue weighted by atomic mass is 9.95. The van der Waals surface area contributed by atoms with E-state index in [1.807, 2.05) is 6.07 Å². The maximum absolute atomic E-state index is 12.4. The molecule has 0 aromatic carbocycles. The van der Waals surface area contributed by atoms with Gasteiger partial charge in [-0.1, -0.05) is 0 Å². The summed E-state index contributed by atoms with van der Waals surface area (Å²) in [6.45, 7) is 3.35. The van der Waals surface area contributed by atoms with Crippen LogP contribution in [-0.2, 0) is 11.3 Å². The molecule has 1 aliphatic heterocycles. The van der Waals surface area contributed by atoms with E-state index < -0.39 is 0 Å². The van der Waals surface area contributed by atoms with E-state index in [0.29, 0.717) is 43.8 Å². The molecule has 2 aromatic rings. The molecule has 2 amide bonds. The summed E-state index contributed by atoms with van der Waals surface area (Å²) in [6, 6.07) is 5.32. The molecule has 1 saturated heterocycles. The van der Waals surface area contributed by atoms with Crippen molar-refractivity contribution in [1.82, 2.24) is 10.2 Å². The Morgan fingerprint density at radius 2 is 2.00 bits per heavy atom. The quantitative estimate of drug-likeness (QED) is 0.939. The average Bonchev–Trinajstić information content (AvgIpc) is 3.23. The third-order valence-electron chi connectivity index (χ3n) is 4.26. The van der Waals surface area contributed by atoms with Crippen LogP contribution in [0.5, 0.6) is 0 Å². The van der Waals surface area contributed by atoms with E-state index in [0.717, 1.165) is 5.76 Å². The Morgan fingerprint density at radius 1 is 1.22 bits per heavy atom. The van der Waals surface area contributed by atoms with E-state index in [1.54, 1.807) is 30.2 Å². The van der Waals surface area contributed by atoms with Crippen LogP contribution >= 0.6 is 0 Å². The first-order valence-corrected chi connectivity index (χ1v) is 7.78. The van der Waals surface area contributed by atoms with Crippen LogP contribution in [0.2, 0.25) is 0 Å². The van der Waals surface area contributed by atoms with Crippen molar-refractivity contribution in [3.05, 3.63) is 47.8 Å². The minimum absolute atomic E-state index is 0.0213. The number of amides is 2. The van der Waals surface area contributed by atoms with Gasteiger partial charge in [-0.05, 0) is 38.0 Å². The third-order valence-corrected chi connectivity index (χ3v) is 4.26. The fourth-order valence-corrected chi connectivity index (χ4v) is 2.85. The summed E-state index contributed by atoms with van der Waals surface area (Å²) in [4.78, 5) is 26.4. The summed E-state index contributed by atoms with van der Waals surface area (Å²) < 4.78 is 10.4. The van der Waals surface area contributed by atoms with Crippen molar-refractivity contribution in [2.75, 3.05) is 13.1 Å². The molecule has 0 bridgehead atoms. The van der Waals surface area contributed by atoms with Gasteiger partial charge in [-0.3, -0.25) is 9.59 Å². The Morgan fingerprint density at radius 3 is 2.61 bits per heavy atom. The topological polar surface area (TPSA) is 75.7 Å². The predicted octanol–water partition coefficient (Wildman–Crippen LogP) is 2.35. The standard InChI is InChI=1S/C17H20N2O4/c1-12-15(6-10-22-12)17(21)19-7-4-13(5-8-19)16(20)18-11-14-3-2-9-23-14/h2-3,6,9-10,13H,4-5,7-8,11H2,1H3,(H,18,20). The van der Waals surface area contributed by atoms with Gasteiger partial charge in [0.15, 0.2) is 0 Å². The second kappa shape index (κ2) is 6.73. The summed E-state index contributed by atoms with van der Waals surface area (Å²) in [7, 11) is 0. The summed E-state index contributed by atoms with van der Waals surface area (Å²) in [5, 5.41) is 2.88. The predicted molar refractivity (Wildman–Crippen MR) is 82.6 cm³/mol. The molecule has 0 unspecified atom stereocenters. The van der Waals surface area contributed by atoms with E-state index >= 15 is 0 Å². The second-order valence-electron chi connectivity index (χ2n) is 5.75. The van der Waals surface area contributed by atoms with E-state index in [4.69, 9.17) is 8.83 Å². The minimum Gasteiger partial charge on any atom is -0.469 e. The van der Waals surface area contributed by atoms with E-state index in [9.17, 15) is 9.59 Å². The van der Waals surface area contributed by atoms with Gasteiger partial charge in [0.05, 0.1) is 24.6 Å². The van der Waals surface area contributed by atoms with Crippen LogP contribution < -0.4 is 5.32 Å². The molecule has 1 aliphatic rings. The molecule has 6 heteroatoms. The second-order valence-corrected chi connectivity index (χ2v) is 5.75. The Hall–Kier alpha value is -2.50. The molecule has 0 radical (unpaired) electrons. The number of rotatable bonds is 4. The lowest BCUT2D eigenvalue weighted by Gasteiger charge is -2.31. The molecule has 0 atom stereocenters. The zero-order valence-corrected chi connectivity index (χ0v) is 13.1. The lowest BCUT2D eigenvalue weighted by molar-refractivity contribution is -0.126. The van der Waals surface area contributed by atoms with Crippen molar-refractivity contribution in [2.45, 2.75) is 26.3 Å². The van der Waals surface area contributed by atoms with Gasteiger partial charge in [0, 0.05) is 19.0 Å². The number of nitrogens with one attached hydrogen (secondary N) is 1. The third kappa shape index (κ3) is 3.47. The number of hydrogen-bond donors (Lipinski definition) is 1. The molecule has 122 valence electrons. The molecule has 0 aliphatic carbocycles. The van der Waals surface area contributed by atoms with Crippen molar-refractivity contribution in [1.29, 1.82) is 0 Å². The molecule has 0 saturated carbocycles. The van der Waals surface area contributed by atoms with Crippen LogP contribution in [0.3, 0.4) is 0 Å². The molecule has 3 rings (SSSR count). The number of aryl methyl sites for hydroxylation is 1.